The molecule has 21 heavy (non-hydrogen) atoms. The summed E-state index contributed by atoms with van der Waals surface area (Å²) < 4.78 is 8.25. The average Bonchev–Trinajstić information content (AvgIpc) is 3.04. The first-order chi connectivity index (χ1) is 10.1. The van der Waals surface area contributed by atoms with E-state index >= 15 is 0 Å². The highest BCUT2D eigenvalue weighted by Crippen LogP contribution is 2.27. The molecule has 0 aliphatic heterocycles. The van der Waals surface area contributed by atoms with Crippen LogP contribution in [0.1, 0.15) is 11.5 Å². The van der Waals surface area contributed by atoms with Gasteiger partial charge in [-0.3, -0.25) is 0 Å². The SMILES string of the molecule is Cc1cc(CSc2ncc(-c3ccc(Br)cc3)n2C)no1. The Hall–Kier alpha value is -1.53. The molecule has 0 N–H and O–H groups in total. The summed E-state index contributed by atoms with van der Waals surface area (Å²) in [5.74, 6) is 1.59. The van der Waals surface area contributed by atoms with Crippen LogP contribution in [0.2, 0.25) is 0 Å². The third-order valence-corrected chi connectivity index (χ3v) is 4.72. The molecule has 4 nitrogen and oxygen atoms in total. The zero-order valence-corrected chi connectivity index (χ0v) is 14.1. The van der Waals surface area contributed by atoms with Crippen molar-refractivity contribution in [2.75, 3.05) is 0 Å². The zero-order chi connectivity index (χ0) is 14.8. The summed E-state index contributed by atoms with van der Waals surface area (Å²) in [6, 6.07) is 10.2. The summed E-state index contributed by atoms with van der Waals surface area (Å²) in [7, 11) is 2.03. The van der Waals surface area contributed by atoms with Gasteiger partial charge in [0.2, 0.25) is 0 Å². The Morgan fingerprint density at radius 3 is 2.71 bits per heavy atom. The Kier molecular flexibility index (Phi) is 4.17. The van der Waals surface area contributed by atoms with Crippen molar-refractivity contribution in [3.63, 3.8) is 0 Å². The van der Waals surface area contributed by atoms with Crippen molar-refractivity contribution in [3.8, 4) is 11.3 Å². The van der Waals surface area contributed by atoms with Crippen LogP contribution in [0.15, 0.2) is 50.7 Å². The van der Waals surface area contributed by atoms with Crippen LogP contribution in [-0.2, 0) is 12.8 Å². The standard InChI is InChI=1S/C15H14BrN3OS/c1-10-7-13(18-20-10)9-21-15-17-8-14(19(15)2)11-3-5-12(16)6-4-11/h3-8H,9H2,1-2H3. The van der Waals surface area contributed by atoms with E-state index < -0.39 is 0 Å². The maximum Gasteiger partial charge on any atom is 0.168 e. The molecule has 0 unspecified atom stereocenters. The Bertz CT molecular complexity index is 749. The first-order valence-corrected chi connectivity index (χ1v) is 8.24. The maximum atomic E-state index is 5.07. The van der Waals surface area contributed by atoms with Gasteiger partial charge >= 0.3 is 0 Å². The minimum Gasteiger partial charge on any atom is -0.361 e. The summed E-state index contributed by atoms with van der Waals surface area (Å²) in [5.41, 5.74) is 3.18. The maximum absolute atomic E-state index is 5.07. The van der Waals surface area contributed by atoms with E-state index in [2.05, 4.69) is 42.8 Å². The van der Waals surface area contributed by atoms with Gasteiger partial charge in [0, 0.05) is 23.3 Å². The number of aromatic nitrogens is 3. The van der Waals surface area contributed by atoms with Crippen molar-refractivity contribution in [2.24, 2.45) is 7.05 Å². The molecule has 2 aromatic heterocycles. The normalized spacial score (nSPS) is 11.0. The molecule has 0 bridgehead atoms. The van der Waals surface area contributed by atoms with Crippen molar-refractivity contribution < 1.29 is 4.52 Å². The fourth-order valence-corrected chi connectivity index (χ4v) is 3.14. The molecule has 0 aliphatic rings. The highest BCUT2D eigenvalue weighted by molar-refractivity contribution is 9.10. The molecule has 0 atom stereocenters. The molecule has 6 heteroatoms. The van der Waals surface area contributed by atoms with Crippen molar-refractivity contribution in [1.82, 2.24) is 14.7 Å². The van der Waals surface area contributed by atoms with Crippen LogP contribution in [0.3, 0.4) is 0 Å². The van der Waals surface area contributed by atoms with Gasteiger partial charge in [-0.1, -0.05) is 45.0 Å². The van der Waals surface area contributed by atoms with Crippen LogP contribution in [0.25, 0.3) is 11.3 Å². The molecular formula is C15H14BrN3OS. The number of halogens is 1. The molecule has 3 rings (SSSR count). The molecule has 0 saturated heterocycles. The average molecular weight is 364 g/mol. The predicted molar refractivity (Wildman–Crippen MR) is 87.1 cm³/mol. The lowest BCUT2D eigenvalue weighted by Gasteiger charge is -2.05. The lowest BCUT2D eigenvalue weighted by Crippen LogP contribution is -1.94. The molecule has 2 heterocycles. The number of hydrogen-bond acceptors (Lipinski definition) is 4. The lowest BCUT2D eigenvalue weighted by molar-refractivity contribution is 0.393. The molecule has 0 fully saturated rings. The summed E-state index contributed by atoms with van der Waals surface area (Å²) in [6.07, 6.45) is 1.90. The molecule has 1 aromatic carbocycles. The van der Waals surface area contributed by atoms with Crippen LogP contribution < -0.4 is 0 Å². The Morgan fingerprint density at radius 2 is 2.05 bits per heavy atom. The van der Waals surface area contributed by atoms with E-state index in [0.717, 1.165) is 38.1 Å². The van der Waals surface area contributed by atoms with E-state index in [0.29, 0.717) is 0 Å². The molecule has 0 radical (unpaired) electrons. The van der Waals surface area contributed by atoms with E-state index in [9.17, 15) is 0 Å². The smallest absolute Gasteiger partial charge is 0.168 e. The first kappa shape index (κ1) is 14.4. The lowest BCUT2D eigenvalue weighted by atomic mass is 10.2. The minimum atomic E-state index is 0.752. The van der Waals surface area contributed by atoms with Gasteiger partial charge in [-0.05, 0) is 24.6 Å². The number of thioether (sulfide) groups is 1. The second-order valence-electron chi connectivity index (χ2n) is 4.71. The molecule has 108 valence electrons. The Labute approximate surface area is 135 Å². The highest BCUT2D eigenvalue weighted by Gasteiger charge is 2.10. The second kappa shape index (κ2) is 6.07. The summed E-state index contributed by atoms with van der Waals surface area (Å²) in [5, 5.41) is 4.96. The Morgan fingerprint density at radius 1 is 1.29 bits per heavy atom. The van der Waals surface area contributed by atoms with Crippen molar-refractivity contribution in [3.05, 3.63) is 52.5 Å². The van der Waals surface area contributed by atoms with Crippen molar-refractivity contribution >= 4 is 27.7 Å². The molecule has 0 spiro atoms. The number of nitrogens with zero attached hydrogens (tertiary/aromatic N) is 3. The van der Waals surface area contributed by atoms with Crippen LogP contribution in [0, 0.1) is 6.92 Å². The fourth-order valence-electron chi connectivity index (χ4n) is 2.04. The topological polar surface area (TPSA) is 43.9 Å². The predicted octanol–water partition coefficient (Wildman–Crippen LogP) is 4.44. The summed E-state index contributed by atoms with van der Waals surface area (Å²) in [4.78, 5) is 4.49. The quantitative estimate of drug-likeness (QED) is 0.642. The summed E-state index contributed by atoms with van der Waals surface area (Å²) in [6.45, 7) is 1.90. The molecule has 0 aliphatic carbocycles. The van der Waals surface area contributed by atoms with E-state index in [-0.39, 0.29) is 0 Å². The number of rotatable bonds is 4. The van der Waals surface area contributed by atoms with Gasteiger partial charge in [-0.2, -0.15) is 0 Å². The third kappa shape index (κ3) is 3.22. The second-order valence-corrected chi connectivity index (χ2v) is 6.57. The summed E-state index contributed by atoms with van der Waals surface area (Å²) >= 11 is 5.10. The number of aryl methyl sites for hydroxylation is 1. The zero-order valence-electron chi connectivity index (χ0n) is 11.7. The van der Waals surface area contributed by atoms with Crippen LogP contribution in [-0.4, -0.2) is 14.7 Å². The molecule has 3 aromatic rings. The number of imidazole rings is 1. The van der Waals surface area contributed by atoms with E-state index in [1.807, 2.05) is 38.4 Å². The van der Waals surface area contributed by atoms with Crippen LogP contribution in [0.4, 0.5) is 0 Å². The largest absolute Gasteiger partial charge is 0.361 e. The van der Waals surface area contributed by atoms with Gasteiger partial charge in [-0.15, -0.1) is 0 Å². The number of hydrogen-bond donors (Lipinski definition) is 0. The minimum absolute atomic E-state index is 0.752. The van der Waals surface area contributed by atoms with Gasteiger partial charge in [0.15, 0.2) is 5.16 Å². The molecule has 0 amide bonds. The highest BCUT2D eigenvalue weighted by atomic mass is 79.9. The number of benzene rings is 1. The van der Waals surface area contributed by atoms with Crippen LogP contribution >= 0.6 is 27.7 Å². The monoisotopic (exact) mass is 363 g/mol. The molecule has 0 saturated carbocycles. The van der Waals surface area contributed by atoms with E-state index in [1.165, 1.54) is 0 Å². The van der Waals surface area contributed by atoms with Crippen molar-refractivity contribution in [2.45, 2.75) is 17.8 Å². The van der Waals surface area contributed by atoms with Gasteiger partial charge < -0.3 is 9.09 Å². The first-order valence-electron chi connectivity index (χ1n) is 6.46. The van der Waals surface area contributed by atoms with Gasteiger partial charge in [0.25, 0.3) is 0 Å². The van der Waals surface area contributed by atoms with E-state index in [1.54, 1.807) is 11.8 Å². The van der Waals surface area contributed by atoms with E-state index in [4.69, 9.17) is 4.52 Å². The van der Waals surface area contributed by atoms with Crippen LogP contribution in [0.5, 0.6) is 0 Å². The Balaban J connectivity index is 1.77. The third-order valence-electron chi connectivity index (χ3n) is 3.11. The van der Waals surface area contributed by atoms with Crippen molar-refractivity contribution in [1.29, 1.82) is 0 Å². The van der Waals surface area contributed by atoms with Gasteiger partial charge in [0.1, 0.15) is 5.76 Å². The van der Waals surface area contributed by atoms with Gasteiger partial charge in [-0.25, -0.2) is 4.98 Å². The van der Waals surface area contributed by atoms with Gasteiger partial charge in [0.05, 0.1) is 17.6 Å². The fraction of sp³-hybridized carbons (Fsp3) is 0.200. The molecular weight excluding hydrogens is 350 g/mol.